The molecule has 2 aromatic carbocycles. The van der Waals surface area contributed by atoms with Crippen LogP contribution in [0.15, 0.2) is 36.4 Å². The van der Waals surface area contributed by atoms with E-state index in [-0.39, 0.29) is 17.7 Å². The summed E-state index contributed by atoms with van der Waals surface area (Å²) in [5.41, 5.74) is 1.36. The predicted octanol–water partition coefficient (Wildman–Crippen LogP) is 2.12. The Kier molecular flexibility index (Phi) is 5.69. The molecule has 25 heavy (non-hydrogen) atoms. The van der Waals surface area contributed by atoms with Gasteiger partial charge >= 0.3 is 0 Å². The quantitative estimate of drug-likeness (QED) is 0.775. The molecule has 0 fully saturated rings. The van der Waals surface area contributed by atoms with Gasteiger partial charge in [-0.25, -0.2) is 8.78 Å². The van der Waals surface area contributed by atoms with Gasteiger partial charge in [-0.3, -0.25) is 9.59 Å². The molecule has 0 aliphatic rings. The molecule has 1 atom stereocenters. The molecule has 0 aromatic heterocycles. The summed E-state index contributed by atoms with van der Waals surface area (Å²) in [4.78, 5) is 24.2. The van der Waals surface area contributed by atoms with Crippen molar-refractivity contribution in [2.45, 2.75) is 19.4 Å². The average Bonchev–Trinajstić information content (AvgIpc) is 2.58. The number of benzene rings is 2. The van der Waals surface area contributed by atoms with Gasteiger partial charge in [0.15, 0.2) is 11.6 Å². The fourth-order valence-corrected chi connectivity index (χ4v) is 2.30. The molecule has 5 nitrogen and oxygen atoms in total. The number of rotatable bonds is 5. The van der Waals surface area contributed by atoms with E-state index in [1.54, 1.807) is 19.1 Å². The normalized spacial score (nSPS) is 11.7. The highest BCUT2D eigenvalue weighted by Crippen LogP contribution is 2.19. The Labute approximate surface area is 143 Å². The minimum Gasteiger partial charge on any atom is -0.508 e. The first-order valence-corrected chi connectivity index (χ1v) is 7.56. The molecule has 7 heteroatoms. The fraction of sp³-hybridized carbons (Fsp3) is 0.222. The van der Waals surface area contributed by atoms with E-state index in [0.29, 0.717) is 11.1 Å². The maximum atomic E-state index is 13.4. The SMILES string of the molecule is CNC(=O)[C@@H](NC(=O)Cc1ccc(C)c(O)c1)c1ccc(F)c(F)c1. The smallest absolute Gasteiger partial charge is 0.246 e. The van der Waals surface area contributed by atoms with Gasteiger partial charge in [0.1, 0.15) is 11.8 Å². The van der Waals surface area contributed by atoms with Crippen molar-refractivity contribution in [3.8, 4) is 5.75 Å². The lowest BCUT2D eigenvalue weighted by molar-refractivity contribution is -0.128. The zero-order chi connectivity index (χ0) is 18.6. The summed E-state index contributed by atoms with van der Waals surface area (Å²) in [6.45, 7) is 1.73. The first-order valence-electron chi connectivity index (χ1n) is 7.56. The van der Waals surface area contributed by atoms with Crippen LogP contribution < -0.4 is 10.6 Å². The largest absolute Gasteiger partial charge is 0.508 e. The highest BCUT2D eigenvalue weighted by Gasteiger charge is 2.23. The van der Waals surface area contributed by atoms with Gasteiger partial charge in [-0.15, -0.1) is 0 Å². The maximum Gasteiger partial charge on any atom is 0.246 e. The third kappa shape index (κ3) is 4.53. The van der Waals surface area contributed by atoms with Crippen molar-refractivity contribution in [1.82, 2.24) is 10.6 Å². The molecule has 0 saturated carbocycles. The number of phenolic OH excluding ortho intramolecular Hbond substituents is 1. The van der Waals surface area contributed by atoms with Gasteiger partial charge in [0.25, 0.3) is 0 Å². The summed E-state index contributed by atoms with van der Waals surface area (Å²) >= 11 is 0. The minimum absolute atomic E-state index is 0.0637. The van der Waals surface area contributed by atoms with Crippen LogP contribution in [-0.2, 0) is 16.0 Å². The molecular weight excluding hydrogens is 330 g/mol. The van der Waals surface area contributed by atoms with Gasteiger partial charge in [0.05, 0.1) is 6.42 Å². The summed E-state index contributed by atoms with van der Waals surface area (Å²) in [5, 5.41) is 14.5. The molecule has 0 bridgehead atoms. The second-order valence-electron chi connectivity index (χ2n) is 5.59. The molecular formula is C18H18F2N2O3. The van der Waals surface area contributed by atoms with Crippen molar-refractivity contribution in [2.75, 3.05) is 7.05 Å². The van der Waals surface area contributed by atoms with Crippen molar-refractivity contribution in [3.05, 3.63) is 64.7 Å². The van der Waals surface area contributed by atoms with Gasteiger partial charge in [-0.2, -0.15) is 0 Å². The molecule has 2 rings (SSSR count). The van der Waals surface area contributed by atoms with Crippen LogP contribution in [-0.4, -0.2) is 24.0 Å². The number of carbonyl (C=O) groups is 2. The van der Waals surface area contributed by atoms with Crippen molar-refractivity contribution in [2.24, 2.45) is 0 Å². The Bertz CT molecular complexity index is 809. The van der Waals surface area contributed by atoms with E-state index < -0.39 is 29.5 Å². The van der Waals surface area contributed by atoms with Crippen molar-refractivity contribution in [3.63, 3.8) is 0 Å². The Hall–Kier alpha value is -2.96. The summed E-state index contributed by atoms with van der Waals surface area (Å²) in [5.74, 6) is -3.15. The number of halogens is 2. The second kappa shape index (κ2) is 7.74. The predicted molar refractivity (Wildman–Crippen MR) is 87.9 cm³/mol. The van der Waals surface area contributed by atoms with E-state index in [9.17, 15) is 23.5 Å². The molecule has 2 amide bonds. The number of hydrogen-bond donors (Lipinski definition) is 3. The van der Waals surface area contributed by atoms with E-state index in [1.807, 2.05) is 0 Å². The Morgan fingerprint density at radius 1 is 1.12 bits per heavy atom. The number of phenols is 1. The monoisotopic (exact) mass is 348 g/mol. The fourth-order valence-electron chi connectivity index (χ4n) is 2.30. The molecule has 0 unspecified atom stereocenters. The Morgan fingerprint density at radius 3 is 2.44 bits per heavy atom. The summed E-state index contributed by atoms with van der Waals surface area (Å²) < 4.78 is 26.5. The van der Waals surface area contributed by atoms with Crippen LogP contribution in [0.4, 0.5) is 8.78 Å². The molecule has 0 radical (unpaired) electrons. The number of nitrogens with one attached hydrogen (secondary N) is 2. The van der Waals surface area contributed by atoms with Crippen LogP contribution in [0.3, 0.4) is 0 Å². The molecule has 0 heterocycles. The maximum absolute atomic E-state index is 13.4. The van der Waals surface area contributed by atoms with Crippen LogP contribution in [0, 0.1) is 18.6 Å². The van der Waals surface area contributed by atoms with Gasteiger partial charge in [0, 0.05) is 7.05 Å². The van der Waals surface area contributed by atoms with Gasteiger partial charge < -0.3 is 15.7 Å². The van der Waals surface area contributed by atoms with Crippen LogP contribution in [0.25, 0.3) is 0 Å². The average molecular weight is 348 g/mol. The van der Waals surface area contributed by atoms with Crippen molar-refractivity contribution >= 4 is 11.8 Å². The lowest BCUT2D eigenvalue weighted by Crippen LogP contribution is -2.39. The van der Waals surface area contributed by atoms with E-state index in [2.05, 4.69) is 10.6 Å². The van der Waals surface area contributed by atoms with E-state index in [4.69, 9.17) is 0 Å². The number of aromatic hydroxyl groups is 1. The first-order chi connectivity index (χ1) is 11.8. The van der Waals surface area contributed by atoms with E-state index in [1.165, 1.54) is 19.2 Å². The number of likely N-dealkylation sites (N-methyl/N-ethyl adjacent to an activating group) is 1. The standard InChI is InChI=1S/C18H18F2N2O3/c1-10-3-4-11(7-15(10)23)8-16(24)22-17(18(25)21-2)12-5-6-13(19)14(20)9-12/h3-7,9,17,23H,8H2,1-2H3,(H,21,25)(H,22,24)/t17-/m0/s1. The highest BCUT2D eigenvalue weighted by atomic mass is 19.2. The third-order valence-electron chi connectivity index (χ3n) is 3.73. The Balaban J connectivity index is 2.18. The Morgan fingerprint density at radius 2 is 1.84 bits per heavy atom. The molecule has 132 valence electrons. The molecule has 0 aliphatic carbocycles. The molecule has 0 saturated heterocycles. The lowest BCUT2D eigenvalue weighted by Gasteiger charge is -2.18. The summed E-state index contributed by atoms with van der Waals surface area (Å²) in [6, 6.07) is 6.65. The third-order valence-corrected chi connectivity index (χ3v) is 3.73. The zero-order valence-corrected chi connectivity index (χ0v) is 13.8. The van der Waals surface area contributed by atoms with Gasteiger partial charge in [0.2, 0.25) is 11.8 Å². The topological polar surface area (TPSA) is 78.4 Å². The molecule has 0 aliphatic heterocycles. The van der Waals surface area contributed by atoms with Gasteiger partial charge in [-0.05, 0) is 41.8 Å². The summed E-state index contributed by atoms with van der Waals surface area (Å²) in [7, 11) is 1.37. The van der Waals surface area contributed by atoms with E-state index >= 15 is 0 Å². The summed E-state index contributed by atoms with van der Waals surface area (Å²) in [6.07, 6.45) is -0.0784. The van der Waals surface area contributed by atoms with Crippen LogP contribution >= 0.6 is 0 Å². The zero-order valence-electron chi connectivity index (χ0n) is 13.8. The van der Waals surface area contributed by atoms with Crippen LogP contribution in [0.2, 0.25) is 0 Å². The van der Waals surface area contributed by atoms with E-state index in [0.717, 1.165) is 12.1 Å². The van der Waals surface area contributed by atoms with Crippen LogP contribution in [0.5, 0.6) is 5.75 Å². The lowest BCUT2D eigenvalue weighted by atomic mass is 10.0. The van der Waals surface area contributed by atoms with Crippen molar-refractivity contribution < 1.29 is 23.5 Å². The molecule has 2 aromatic rings. The van der Waals surface area contributed by atoms with Crippen molar-refractivity contribution in [1.29, 1.82) is 0 Å². The van der Waals surface area contributed by atoms with Gasteiger partial charge in [-0.1, -0.05) is 18.2 Å². The second-order valence-corrected chi connectivity index (χ2v) is 5.59. The molecule has 0 spiro atoms. The first kappa shape index (κ1) is 18.4. The minimum atomic E-state index is -1.16. The number of aryl methyl sites for hydroxylation is 1. The number of amides is 2. The number of hydrogen-bond acceptors (Lipinski definition) is 3. The molecule has 3 N–H and O–H groups in total. The number of carbonyl (C=O) groups excluding carboxylic acids is 2. The highest BCUT2D eigenvalue weighted by molar-refractivity contribution is 5.89. The van der Waals surface area contributed by atoms with Crippen LogP contribution in [0.1, 0.15) is 22.7 Å².